The molecule has 7 heteroatoms. The van der Waals surface area contributed by atoms with E-state index < -0.39 is 29.9 Å². The van der Waals surface area contributed by atoms with Crippen molar-refractivity contribution in [2.24, 2.45) is 5.92 Å². The summed E-state index contributed by atoms with van der Waals surface area (Å²) in [4.78, 5) is 23.5. The summed E-state index contributed by atoms with van der Waals surface area (Å²) in [7, 11) is 0. The molecule has 1 aromatic rings. The SMILES string of the molecule is CCC(C)(C)Oc1ccc(C(=O)OC(C2CCCCC2)C(F)(F)C(=O)O)cc1. The first kappa shape index (κ1) is 22.1. The van der Waals surface area contributed by atoms with E-state index in [-0.39, 0.29) is 11.2 Å². The van der Waals surface area contributed by atoms with E-state index >= 15 is 0 Å². The Morgan fingerprint density at radius 1 is 1.14 bits per heavy atom. The molecule has 1 fully saturated rings. The van der Waals surface area contributed by atoms with Crippen LogP contribution in [0.15, 0.2) is 24.3 Å². The summed E-state index contributed by atoms with van der Waals surface area (Å²) in [6.45, 7) is 5.84. The quantitative estimate of drug-likeness (QED) is 0.618. The molecule has 0 aliphatic heterocycles. The highest BCUT2D eigenvalue weighted by molar-refractivity contribution is 5.90. The fourth-order valence-electron chi connectivity index (χ4n) is 3.26. The molecule has 0 aromatic heterocycles. The van der Waals surface area contributed by atoms with E-state index in [1.54, 1.807) is 12.1 Å². The summed E-state index contributed by atoms with van der Waals surface area (Å²) in [5.74, 6) is -7.50. The average molecular weight is 398 g/mol. The van der Waals surface area contributed by atoms with E-state index in [1.165, 1.54) is 12.1 Å². The zero-order valence-electron chi connectivity index (χ0n) is 16.5. The first-order chi connectivity index (χ1) is 13.1. The molecule has 1 aromatic carbocycles. The Hall–Kier alpha value is -2.18. The molecule has 1 aliphatic rings. The van der Waals surface area contributed by atoms with Gasteiger partial charge in [0.05, 0.1) is 5.56 Å². The predicted octanol–water partition coefficient (Wildman–Crippen LogP) is 5.08. The van der Waals surface area contributed by atoms with Crippen molar-refractivity contribution in [2.75, 3.05) is 0 Å². The maximum atomic E-state index is 14.3. The number of hydrogen-bond donors (Lipinski definition) is 1. The van der Waals surface area contributed by atoms with Gasteiger partial charge in [0.1, 0.15) is 11.4 Å². The Labute approximate surface area is 164 Å². The minimum atomic E-state index is -4.13. The van der Waals surface area contributed by atoms with Gasteiger partial charge in [-0.25, -0.2) is 9.59 Å². The molecule has 1 aliphatic carbocycles. The molecule has 156 valence electrons. The summed E-state index contributed by atoms with van der Waals surface area (Å²) in [5, 5.41) is 8.94. The maximum absolute atomic E-state index is 14.3. The van der Waals surface area contributed by atoms with Gasteiger partial charge >= 0.3 is 17.9 Å². The smallest absolute Gasteiger partial charge is 0.378 e. The van der Waals surface area contributed by atoms with Gasteiger partial charge in [-0.05, 0) is 57.4 Å². The number of esters is 1. The molecule has 0 radical (unpaired) electrons. The topological polar surface area (TPSA) is 72.8 Å². The average Bonchev–Trinajstić information content (AvgIpc) is 2.66. The van der Waals surface area contributed by atoms with Gasteiger partial charge in [-0.2, -0.15) is 8.78 Å². The Morgan fingerprint density at radius 3 is 2.21 bits per heavy atom. The standard InChI is InChI=1S/C21H28F2O5/c1-4-20(2,3)28-16-12-10-15(11-13-16)18(24)27-17(21(22,23)19(25)26)14-8-6-5-7-9-14/h10-14,17H,4-9H2,1-3H3,(H,25,26). The molecule has 28 heavy (non-hydrogen) atoms. The number of hydrogen-bond acceptors (Lipinski definition) is 4. The number of ether oxygens (including phenoxy) is 2. The van der Waals surface area contributed by atoms with Gasteiger partial charge in [0.15, 0.2) is 6.10 Å². The van der Waals surface area contributed by atoms with E-state index in [0.717, 1.165) is 12.8 Å². The molecule has 0 spiro atoms. The predicted molar refractivity (Wildman–Crippen MR) is 99.8 cm³/mol. The van der Waals surface area contributed by atoms with E-state index in [1.807, 2.05) is 20.8 Å². The van der Waals surface area contributed by atoms with Crippen molar-refractivity contribution in [1.29, 1.82) is 0 Å². The van der Waals surface area contributed by atoms with Crippen LogP contribution in [0.1, 0.15) is 69.7 Å². The van der Waals surface area contributed by atoms with Gasteiger partial charge in [0.25, 0.3) is 0 Å². The van der Waals surface area contributed by atoms with Crippen molar-refractivity contribution >= 4 is 11.9 Å². The summed E-state index contributed by atoms with van der Waals surface area (Å²) in [5.41, 5.74) is -0.305. The zero-order valence-corrected chi connectivity index (χ0v) is 16.5. The van der Waals surface area contributed by atoms with Crippen LogP contribution in [0.2, 0.25) is 0 Å². The first-order valence-electron chi connectivity index (χ1n) is 9.68. The van der Waals surface area contributed by atoms with Gasteiger partial charge in [-0.15, -0.1) is 0 Å². The Bertz CT molecular complexity index is 679. The zero-order chi connectivity index (χ0) is 20.9. The monoisotopic (exact) mass is 398 g/mol. The molecule has 1 unspecified atom stereocenters. The van der Waals surface area contributed by atoms with Crippen molar-refractivity contribution in [2.45, 2.75) is 76.9 Å². The lowest BCUT2D eigenvalue weighted by Gasteiger charge is -2.33. The van der Waals surface area contributed by atoms with Crippen LogP contribution < -0.4 is 4.74 Å². The van der Waals surface area contributed by atoms with E-state index in [4.69, 9.17) is 14.6 Å². The number of benzene rings is 1. The van der Waals surface area contributed by atoms with Crippen LogP contribution in [0.4, 0.5) is 8.78 Å². The molecule has 1 saturated carbocycles. The van der Waals surface area contributed by atoms with Crippen LogP contribution >= 0.6 is 0 Å². The Balaban J connectivity index is 2.15. The molecule has 5 nitrogen and oxygen atoms in total. The molecule has 2 rings (SSSR count). The van der Waals surface area contributed by atoms with Crippen molar-refractivity contribution in [3.8, 4) is 5.75 Å². The largest absolute Gasteiger partial charge is 0.488 e. The third-order valence-corrected chi connectivity index (χ3v) is 5.29. The van der Waals surface area contributed by atoms with E-state index in [2.05, 4.69) is 0 Å². The van der Waals surface area contributed by atoms with Gasteiger partial charge < -0.3 is 14.6 Å². The van der Waals surface area contributed by atoms with Crippen LogP contribution in [0.25, 0.3) is 0 Å². The second kappa shape index (κ2) is 8.88. The number of aliphatic carboxylic acids is 1. The summed E-state index contributed by atoms with van der Waals surface area (Å²) >= 11 is 0. The third-order valence-electron chi connectivity index (χ3n) is 5.29. The van der Waals surface area contributed by atoms with Crippen molar-refractivity contribution in [1.82, 2.24) is 0 Å². The molecular formula is C21H28F2O5. The number of carbonyl (C=O) groups excluding carboxylic acids is 1. The lowest BCUT2D eigenvalue weighted by Crippen LogP contribution is -2.48. The van der Waals surface area contributed by atoms with Crippen LogP contribution in [0, 0.1) is 5.92 Å². The van der Waals surface area contributed by atoms with E-state index in [0.29, 0.717) is 31.4 Å². The van der Waals surface area contributed by atoms with Gasteiger partial charge in [-0.3, -0.25) is 0 Å². The molecule has 0 saturated heterocycles. The molecule has 0 amide bonds. The second-order valence-corrected chi connectivity index (χ2v) is 7.89. The minimum absolute atomic E-state index is 0.0728. The normalized spacial score (nSPS) is 17.0. The molecular weight excluding hydrogens is 370 g/mol. The van der Waals surface area contributed by atoms with Gasteiger partial charge in [0, 0.05) is 5.92 Å². The van der Waals surface area contributed by atoms with Crippen molar-refractivity contribution < 1.29 is 33.0 Å². The lowest BCUT2D eigenvalue weighted by molar-refractivity contribution is -0.189. The summed E-state index contributed by atoms with van der Waals surface area (Å²) in [6.07, 6.45) is 1.98. The maximum Gasteiger partial charge on any atom is 0.378 e. The summed E-state index contributed by atoms with van der Waals surface area (Å²) in [6, 6.07) is 6.00. The van der Waals surface area contributed by atoms with Gasteiger partial charge in [-0.1, -0.05) is 26.2 Å². The van der Waals surface area contributed by atoms with Crippen molar-refractivity contribution in [3.63, 3.8) is 0 Å². The first-order valence-corrected chi connectivity index (χ1v) is 9.68. The van der Waals surface area contributed by atoms with E-state index in [9.17, 15) is 18.4 Å². The Kier molecular flexibility index (Phi) is 7.01. The molecule has 0 heterocycles. The highest BCUT2D eigenvalue weighted by Crippen LogP contribution is 2.36. The van der Waals surface area contributed by atoms with Crippen LogP contribution in [-0.2, 0) is 9.53 Å². The number of carbonyl (C=O) groups is 2. The molecule has 1 atom stereocenters. The number of alkyl halides is 2. The fraction of sp³-hybridized carbons (Fsp3) is 0.619. The molecule has 0 bridgehead atoms. The van der Waals surface area contributed by atoms with Crippen LogP contribution in [0.5, 0.6) is 5.75 Å². The lowest BCUT2D eigenvalue weighted by atomic mass is 9.83. The summed E-state index contributed by atoms with van der Waals surface area (Å²) < 4.78 is 39.4. The number of halogens is 2. The van der Waals surface area contributed by atoms with Crippen LogP contribution in [0.3, 0.4) is 0 Å². The third kappa shape index (κ3) is 5.42. The minimum Gasteiger partial charge on any atom is -0.488 e. The second-order valence-electron chi connectivity index (χ2n) is 7.89. The van der Waals surface area contributed by atoms with Crippen molar-refractivity contribution in [3.05, 3.63) is 29.8 Å². The number of carboxylic acids is 1. The number of rotatable bonds is 8. The highest BCUT2D eigenvalue weighted by atomic mass is 19.3. The fourth-order valence-corrected chi connectivity index (χ4v) is 3.26. The van der Waals surface area contributed by atoms with Gasteiger partial charge in [0.2, 0.25) is 0 Å². The van der Waals surface area contributed by atoms with Crippen LogP contribution in [-0.4, -0.2) is 34.7 Å². The molecule has 1 N–H and O–H groups in total. The Morgan fingerprint density at radius 2 is 1.71 bits per heavy atom. The highest BCUT2D eigenvalue weighted by Gasteiger charge is 2.53. The number of carboxylic acid groups (broad SMARTS) is 1.